The molecular weight excluding hydrogens is 248 g/mol. The first-order valence-corrected chi connectivity index (χ1v) is 7.71. The topological polar surface area (TPSA) is 26.3 Å². The summed E-state index contributed by atoms with van der Waals surface area (Å²) in [6, 6.07) is 4.15. The van der Waals surface area contributed by atoms with Gasteiger partial charge in [-0.15, -0.1) is 0 Å². The van der Waals surface area contributed by atoms with Crippen molar-refractivity contribution in [2.24, 2.45) is 5.92 Å². The Kier molecular flexibility index (Phi) is 4.98. The van der Waals surface area contributed by atoms with Crippen LogP contribution < -0.4 is 0 Å². The van der Waals surface area contributed by atoms with Crippen molar-refractivity contribution in [3.05, 3.63) is 34.4 Å². The molecule has 0 aliphatic heterocycles. The van der Waals surface area contributed by atoms with Gasteiger partial charge in [0.2, 0.25) is 0 Å². The zero-order valence-corrected chi connectivity index (χ0v) is 13.2. The molecule has 2 nitrogen and oxygen atoms in total. The minimum Gasteiger partial charge on any atom is -0.370 e. The molecule has 1 fully saturated rings. The number of benzene rings is 1. The van der Waals surface area contributed by atoms with E-state index in [1.165, 1.54) is 24.8 Å². The smallest absolute Gasteiger partial charge is 0.189 e. The largest absolute Gasteiger partial charge is 0.370 e. The standard InChI is InChI=1S/C18H26O2/c1-12-9-14(3)18(15(4)10-12)16(19)11-20-17-8-6-5-7-13(17)2/h9-10,13,17H,5-8,11H2,1-4H3. The van der Waals surface area contributed by atoms with Crippen LogP contribution in [0.15, 0.2) is 12.1 Å². The number of rotatable bonds is 4. The summed E-state index contributed by atoms with van der Waals surface area (Å²) in [7, 11) is 0. The molecule has 0 amide bonds. The maximum Gasteiger partial charge on any atom is 0.189 e. The molecule has 1 aromatic carbocycles. The van der Waals surface area contributed by atoms with E-state index in [1.54, 1.807) is 0 Å². The lowest BCUT2D eigenvalue weighted by Gasteiger charge is -2.28. The van der Waals surface area contributed by atoms with E-state index in [9.17, 15) is 4.79 Å². The van der Waals surface area contributed by atoms with E-state index < -0.39 is 0 Å². The lowest BCUT2D eigenvalue weighted by Crippen LogP contribution is -2.28. The third kappa shape index (κ3) is 3.49. The van der Waals surface area contributed by atoms with Crippen LogP contribution in [-0.4, -0.2) is 18.5 Å². The molecule has 2 heteroatoms. The first-order valence-electron chi connectivity index (χ1n) is 7.71. The Morgan fingerprint density at radius 1 is 1.15 bits per heavy atom. The van der Waals surface area contributed by atoms with Crippen LogP contribution in [0.5, 0.6) is 0 Å². The molecule has 0 spiro atoms. The minimum atomic E-state index is 0.123. The average molecular weight is 274 g/mol. The van der Waals surface area contributed by atoms with Gasteiger partial charge in [-0.25, -0.2) is 0 Å². The molecule has 1 aliphatic rings. The number of aryl methyl sites for hydroxylation is 3. The molecule has 0 radical (unpaired) electrons. The maximum absolute atomic E-state index is 12.4. The highest BCUT2D eigenvalue weighted by molar-refractivity contribution is 5.99. The highest BCUT2D eigenvalue weighted by Gasteiger charge is 2.23. The monoisotopic (exact) mass is 274 g/mol. The fourth-order valence-corrected chi connectivity index (χ4v) is 3.40. The Morgan fingerprint density at radius 2 is 1.75 bits per heavy atom. The maximum atomic E-state index is 12.4. The minimum absolute atomic E-state index is 0.123. The zero-order chi connectivity index (χ0) is 14.7. The van der Waals surface area contributed by atoms with Crippen LogP contribution in [-0.2, 0) is 4.74 Å². The van der Waals surface area contributed by atoms with Crippen LogP contribution in [0.2, 0.25) is 0 Å². The summed E-state index contributed by atoms with van der Waals surface area (Å²) in [5.41, 5.74) is 4.18. The van der Waals surface area contributed by atoms with Crippen molar-refractivity contribution < 1.29 is 9.53 Å². The highest BCUT2D eigenvalue weighted by atomic mass is 16.5. The molecule has 0 N–H and O–H groups in total. The van der Waals surface area contributed by atoms with Crippen LogP contribution in [0.25, 0.3) is 0 Å². The molecule has 2 unspecified atom stereocenters. The summed E-state index contributed by atoms with van der Waals surface area (Å²) in [4.78, 5) is 12.4. The van der Waals surface area contributed by atoms with Gasteiger partial charge in [0.25, 0.3) is 0 Å². The summed E-state index contributed by atoms with van der Waals surface area (Å²) >= 11 is 0. The van der Waals surface area contributed by atoms with Crippen LogP contribution >= 0.6 is 0 Å². The van der Waals surface area contributed by atoms with Crippen molar-refractivity contribution in [3.63, 3.8) is 0 Å². The molecule has 2 atom stereocenters. The van der Waals surface area contributed by atoms with Gasteiger partial charge < -0.3 is 4.74 Å². The average Bonchev–Trinajstić information content (AvgIpc) is 2.36. The van der Waals surface area contributed by atoms with E-state index in [1.807, 2.05) is 13.8 Å². The molecule has 0 heterocycles. The summed E-state index contributed by atoms with van der Waals surface area (Å²) in [5, 5.41) is 0. The van der Waals surface area contributed by atoms with Crippen LogP contribution in [0.3, 0.4) is 0 Å². The third-order valence-electron chi connectivity index (χ3n) is 4.42. The molecule has 1 aliphatic carbocycles. The van der Waals surface area contributed by atoms with E-state index in [2.05, 4.69) is 26.0 Å². The Hall–Kier alpha value is -1.15. The lowest BCUT2D eigenvalue weighted by atomic mass is 9.88. The van der Waals surface area contributed by atoms with Gasteiger partial charge in [0.1, 0.15) is 6.61 Å². The van der Waals surface area contributed by atoms with Crippen molar-refractivity contribution in [1.82, 2.24) is 0 Å². The third-order valence-corrected chi connectivity index (χ3v) is 4.42. The Bertz CT molecular complexity index is 467. The highest BCUT2D eigenvalue weighted by Crippen LogP contribution is 2.26. The van der Waals surface area contributed by atoms with E-state index in [0.29, 0.717) is 5.92 Å². The lowest BCUT2D eigenvalue weighted by molar-refractivity contribution is 0.000702. The van der Waals surface area contributed by atoms with Gasteiger partial charge in [0.05, 0.1) is 6.10 Å². The van der Waals surface area contributed by atoms with E-state index in [-0.39, 0.29) is 18.5 Å². The number of Topliss-reactive ketones (excluding diaryl/α,β-unsaturated/α-hetero) is 1. The fraction of sp³-hybridized carbons (Fsp3) is 0.611. The number of ketones is 1. The van der Waals surface area contributed by atoms with Gasteiger partial charge in [0.15, 0.2) is 5.78 Å². The molecule has 110 valence electrons. The molecule has 0 saturated heterocycles. The van der Waals surface area contributed by atoms with Crippen molar-refractivity contribution in [2.45, 2.75) is 59.5 Å². The van der Waals surface area contributed by atoms with E-state index >= 15 is 0 Å². The second-order valence-electron chi connectivity index (χ2n) is 6.31. The van der Waals surface area contributed by atoms with Gasteiger partial charge in [-0.1, -0.05) is 37.5 Å². The van der Waals surface area contributed by atoms with Crippen LogP contribution in [0.4, 0.5) is 0 Å². The van der Waals surface area contributed by atoms with E-state index in [4.69, 9.17) is 4.74 Å². The molecule has 0 bridgehead atoms. The molecule has 20 heavy (non-hydrogen) atoms. The van der Waals surface area contributed by atoms with Gasteiger partial charge in [-0.3, -0.25) is 4.79 Å². The first-order chi connectivity index (χ1) is 9.49. The molecule has 1 saturated carbocycles. The predicted molar refractivity (Wildman–Crippen MR) is 82.4 cm³/mol. The summed E-state index contributed by atoms with van der Waals surface area (Å²) in [6.07, 6.45) is 5.11. The molecule has 2 rings (SSSR count). The number of carbonyl (C=O) groups excluding carboxylic acids is 1. The quantitative estimate of drug-likeness (QED) is 0.761. The van der Waals surface area contributed by atoms with Crippen molar-refractivity contribution in [1.29, 1.82) is 0 Å². The van der Waals surface area contributed by atoms with Crippen molar-refractivity contribution in [2.75, 3.05) is 6.61 Å². The number of ether oxygens (including phenoxy) is 1. The summed E-state index contributed by atoms with van der Waals surface area (Å²) in [5.74, 6) is 0.703. The predicted octanol–water partition coefficient (Wildman–Crippen LogP) is 4.39. The Balaban J connectivity index is 2.02. The first kappa shape index (κ1) is 15.2. The number of hydrogen-bond acceptors (Lipinski definition) is 2. The van der Waals surface area contributed by atoms with Crippen LogP contribution in [0, 0.1) is 26.7 Å². The van der Waals surface area contributed by atoms with E-state index in [0.717, 1.165) is 23.1 Å². The summed E-state index contributed by atoms with van der Waals surface area (Å²) < 4.78 is 5.90. The Labute approximate surface area is 122 Å². The van der Waals surface area contributed by atoms with Crippen molar-refractivity contribution >= 4 is 5.78 Å². The van der Waals surface area contributed by atoms with Gasteiger partial charge in [0, 0.05) is 5.56 Å². The normalized spacial score (nSPS) is 22.8. The second kappa shape index (κ2) is 6.53. The fourth-order valence-electron chi connectivity index (χ4n) is 3.40. The Morgan fingerprint density at radius 3 is 2.35 bits per heavy atom. The molecule has 0 aromatic heterocycles. The van der Waals surface area contributed by atoms with Gasteiger partial charge in [-0.05, 0) is 50.7 Å². The number of carbonyl (C=O) groups is 1. The second-order valence-corrected chi connectivity index (χ2v) is 6.31. The van der Waals surface area contributed by atoms with Crippen molar-refractivity contribution in [3.8, 4) is 0 Å². The van der Waals surface area contributed by atoms with Crippen LogP contribution in [0.1, 0.15) is 59.7 Å². The number of hydrogen-bond donors (Lipinski definition) is 0. The molecule has 1 aromatic rings. The SMILES string of the molecule is Cc1cc(C)c(C(=O)COC2CCCCC2C)c(C)c1. The van der Waals surface area contributed by atoms with Gasteiger partial charge in [-0.2, -0.15) is 0 Å². The summed E-state index contributed by atoms with van der Waals surface area (Å²) in [6.45, 7) is 8.54. The van der Waals surface area contributed by atoms with Gasteiger partial charge >= 0.3 is 0 Å². The zero-order valence-electron chi connectivity index (χ0n) is 13.2. The molecular formula is C18H26O2.